The van der Waals surface area contributed by atoms with Crippen molar-refractivity contribution in [1.29, 1.82) is 0 Å². The van der Waals surface area contributed by atoms with Crippen LogP contribution in [0.1, 0.15) is 26.2 Å². The van der Waals surface area contributed by atoms with Crippen molar-refractivity contribution >= 4 is 10.0 Å². The molecule has 1 fully saturated rings. The van der Waals surface area contributed by atoms with E-state index in [1.165, 1.54) is 0 Å². The number of rotatable bonds is 7. The lowest BCUT2D eigenvalue weighted by molar-refractivity contribution is 0.0573. The highest BCUT2D eigenvalue weighted by atomic mass is 32.2. The zero-order valence-corrected chi connectivity index (χ0v) is 12.6. The van der Waals surface area contributed by atoms with E-state index in [0.717, 1.165) is 19.4 Å². The standard InChI is InChI=1S/C12H26N2O3S/c1-4-11-18(15,16)14(8-7-13(2)3)12-5-9-17-10-6-12/h12H,4-11H2,1-3H3. The largest absolute Gasteiger partial charge is 0.381 e. The van der Waals surface area contributed by atoms with Crippen LogP contribution < -0.4 is 0 Å². The van der Waals surface area contributed by atoms with E-state index >= 15 is 0 Å². The summed E-state index contributed by atoms with van der Waals surface area (Å²) in [4.78, 5) is 2.02. The molecular weight excluding hydrogens is 252 g/mol. The Balaban J connectivity index is 2.73. The second kappa shape index (κ2) is 7.43. The van der Waals surface area contributed by atoms with Crippen molar-refractivity contribution in [3.05, 3.63) is 0 Å². The van der Waals surface area contributed by atoms with E-state index in [-0.39, 0.29) is 11.8 Å². The second-order valence-electron chi connectivity index (χ2n) is 5.07. The molecule has 0 spiro atoms. The molecule has 0 N–H and O–H groups in total. The maximum Gasteiger partial charge on any atom is 0.214 e. The molecule has 0 radical (unpaired) electrons. The van der Waals surface area contributed by atoms with Gasteiger partial charge in [-0.3, -0.25) is 0 Å². The van der Waals surface area contributed by atoms with Crippen LogP contribution >= 0.6 is 0 Å². The number of sulfonamides is 1. The van der Waals surface area contributed by atoms with E-state index in [0.29, 0.717) is 26.2 Å². The highest BCUT2D eigenvalue weighted by molar-refractivity contribution is 7.89. The molecule has 0 amide bonds. The first-order chi connectivity index (χ1) is 8.47. The van der Waals surface area contributed by atoms with Crippen LogP contribution in [0.4, 0.5) is 0 Å². The first kappa shape index (κ1) is 15.9. The maximum absolute atomic E-state index is 12.3. The zero-order chi connectivity index (χ0) is 13.6. The summed E-state index contributed by atoms with van der Waals surface area (Å²) in [6, 6.07) is 0.121. The normalized spacial score (nSPS) is 18.7. The van der Waals surface area contributed by atoms with Gasteiger partial charge in [0.1, 0.15) is 0 Å². The third-order valence-electron chi connectivity index (χ3n) is 3.19. The van der Waals surface area contributed by atoms with Crippen molar-refractivity contribution in [2.75, 3.05) is 46.2 Å². The number of hydrogen-bond donors (Lipinski definition) is 0. The highest BCUT2D eigenvalue weighted by Gasteiger charge is 2.30. The van der Waals surface area contributed by atoms with E-state index in [9.17, 15) is 8.42 Å². The predicted molar refractivity (Wildman–Crippen MR) is 73.2 cm³/mol. The Hall–Kier alpha value is -0.170. The lowest BCUT2D eigenvalue weighted by atomic mass is 10.1. The van der Waals surface area contributed by atoms with Gasteiger partial charge in [-0.05, 0) is 33.4 Å². The van der Waals surface area contributed by atoms with Gasteiger partial charge in [-0.15, -0.1) is 0 Å². The summed E-state index contributed by atoms with van der Waals surface area (Å²) in [6.07, 6.45) is 2.30. The van der Waals surface area contributed by atoms with Gasteiger partial charge in [0, 0.05) is 32.3 Å². The van der Waals surface area contributed by atoms with Gasteiger partial charge < -0.3 is 9.64 Å². The topological polar surface area (TPSA) is 49.9 Å². The molecule has 108 valence electrons. The molecule has 0 bridgehead atoms. The molecule has 1 aliphatic heterocycles. The Morgan fingerprint density at radius 1 is 1.17 bits per heavy atom. The number of nitrogens with zero attached hydrogens (tertiary/aromatic N) is 2. The molecule has 6 heteroatoms. The van der Waals surface area contributed by atoms with Crippen molar-refractivity contribution < 1.29 is 13.2 Å². The minimum Gasteiger partial charge on any atom is -0.381 e. The van der Waals surface area contributed by atoms with E-state index in [1.807, 2.05) is 25.9 Å². The average Bonchev–Trinajstić information content (AvgIpc) is 2.29. The highest BCUT2D eigenvalue weighted by Crippen LogP contribution is 2.18. The predicted octanol–water partition coefficient (Wildman–Crippen LogP) is 0.769. The Morgan fingerprint density at radius 2 is 1.78 bits per heavy atom. The van der Waals surface area contributed by atoms with Gasteiger partial charge >= 0.3 is 0 Å². The van der Waals surface area contributed by atoms with Gasteiger partial charge in [0.15, 0.2) is 0 Å². The lowest BCUT2D eigenvalue weighted by Gasteiger charge is -2.34. The molecule has 1 heterocycles. The SMILES string of the molecule is CCCS(=O)(=O)N(CCN(C)C)C1CCOCC1. The Labute approximate surface area is 111 Å². The fraction of sp³-hybridized carbons (Fsp3) is 1.00. The van der Waals surface area contributed by atoms with Crippen molar-refractivity contribution in [3.63, 3.8) is 0 Å². The van der Waals surface area contributed by atoms with Crippen LogP contribution in [0.15, 0.2) is 0 Å². The summed E-state index contributed by atoms with van der Waals surface area (Å²) in [5.41, 5.74) is 0. The molecule has 0 aromatic rings. The van der Waals surface area contributed by atoms with Crippen molar-refractivity contribution in [2.45, 2.75) is 32.2 Å². The summed E-state index contributed by atoms with van der Waals surface area (Å²) in [7, 11) is 0.817. The summed E-state index contributed by atoms with van der Waals surface area (Å²) in [5.74, 6) is 0.248. The number of likely N-dealkylation sites (N-methyl/N-ethyl adjacent to an activating group) is 1. The molecular formula is C12H26N2O3S. The van der Waals surface area contributed by atoms with Crippen LogP contribution in [0.2, 0.25) is 0 Å². The minimum atomic E-state index is -3.12. The van der Waals surface area contributed by atoms with E-state index in [1.54, 1.807) is 4.31 Å². The van der Waals surface area contributed by atoms with Gasteiger partial charge in [-0.2, -0.15) is 4.31 Å². The molecule has 1 saturated heterocycles. The molecule has 0 unspecified atom stereocenters. The van der Waals surface area contributed by atoms with E-state index in [2.05, 4.69) is 0 Å². The Kier molecular flexibility index (Phi) is 6.55. The summed E-state index contributed by atoms with van der Waals surface area (Å²) < 4.78 is 31.6. The molecule has 1 rings (SSSR count). The smallest absolute Gasteiger partial charge is 0.214 e. The zero-order valence-electron chi connectivity index (χ0n) is 11.8. The van der Waals surface area contributed by atoms with Gasteiger partial charge in [0.25, 0.3) is 0 Å². The molecule has 1 aliphatic rings. The van der Waals surface area contributed by atoms with Gasteiger partial charge in [-0.25, -0.2) is 8.42 Å². The minimum absolute atomic E-state index is 0.121. The van der Waals surface area contributed by atoms with Crippen LogP contribution in [0, 0.1) is 0 Å². The van der Waals surface area contributed by atoms with Crippen LogP contribution in [0.5, 0.6) is 0 Å². The van der Waals surface area contributed by atoms with Crippen molar-refractivity contribution in [1.82, 2.24) is 9.21 Å². The fourth-order valence-electron chi connectivity index (χ4n) is 2.20. The second-order valence-corrected chi connectivity index (χ2v) is 7.11. The summed E-state index contributed by atoms with van der Waals surface area (Å²) in [6.45, 7) is 4.60. The van der Waals surface area contributed by atoms with E-state index < -0.39 is 10.0 Å². The molecule has 0 atom stereocenters. The van der Waals surface area contributed by atoms with E-state index in [4.69, 9.17) is 4.74 Å². The first-order valence-corrected chi connectivity index (χ1v) is 8.30. The molecule has 18 heavy (non-hydrogen) atoms. The number of hydrogen-bond acceptors (Lipinski definition) is 4. The van der Waals surface area contributed by atoms with Crippen molar-refractivity contribution in [3.8, 4) is 0 Å². The molecule has 0 aromatic heterocycles. The quantitative estimate of drug-likeness (QED) is 0.690. The molecule has 0 aromatic carbocycles. The maximum atomic E-state index is 12.3. The summed E-state index contributed by atoms with van der Waals surface area (Å²) in [5, 5.41) is 0. The average molecular weight is 278 g/mol. The third kappa shape index (κ3) is 4.84. The monoisotopic (exact) mass is 278 g/mol. The van der Waals surface area contributed by atoms with Gasteiger partial charge in [-0.1, -0.05) is 6.92 Å². The molecule has 0 aliphatic carbocycles. The molecule has 5 nitrogen and oxygen atoms in total. The van der Waals surface area contributed by atoms with Crippen LogP contribution in [-0.4, -0.2) is 69.8 Å². The van der Waals surface area contributed by atoms with Gasteiger partial charge in [0.2, 0.25) is 10.0 Å². The lowest BCUT2D eigenvalue weighted by Crippen LogP contribution is -2.46. The third-order valence-corrected chi connectivity index (χ3v) is 5.30. The van der Waals surface area contributed by atoms with Crippen LogP contribution in [0.25, 0.3) is 0 Å². The Morgan fingerprint density at radius 3 is 2.28 bits per heavy atom. The fourth-order valence-corrected chi connectivity index (χ4v) is 3.97. The van der Waals surface area contributed by atoms with Crippen LogP contribution in [0.3, 0.4) is 0 Å². The summed E-state index contributed by atoms with van der Waals surface area (Å²) >= 11 is 0. The van der Waals surface area contributed by atoms with Gasteiger partial charge in [0.05, 0.1) is 5.75 Å². The number of ether oxygens (including phenoxy) is 1. The first-order valence-electron chi connectivity index (χ1n) is 6.69. The molecule has 0 saturated carbocycles. The Bertz CT molecular complexity index is 324. The van der Waals surface area contributed by atoms with Crippen LogP contribution in [-0.2, 0) is 14.8 Å². The van der Waals surface area contributed by atoms with Crippen molar-refractivity contribution in [2.24, 2.45) is 0 Å².